The Morgan fingerprint density at radius 1 is 0.840 bits per heavy atom. The molecule has 0 unspecified atom stereocenters. The van der Waals surface area contributed by atoms with Crippen LogP contribution in [0.1, 0.15) is 60.2 Å². The summed E-state index contributed by atoms with van der Waals surface area (Å²) in [5.74, 6) is 0. The third-order valence-electron chi connectivity index (χ3n) is 3.11. The van der Waals surface area contributed by atoms with E-state index in [1.54, 1.807) is 13.1 Å². The van der Waals surface area contributed by atoms with Gasteiger partial charge in [0, 0.05) is 36.1 Å². The molecule has 0 saturated heterocycles. The van der Waals surface area contributed by atoms with Crippen molar-refractivity contribution in [3.8, 4) is 0 Å². The zero-order valence-electron chi connectivity index (χ0n) is 13.9. The van der Waals surface area contributed by atoms with E-state index in [-0.39, 0.29) is 49.4 Å². The number of aryl methyl sites for hydroxylation is 1. The molecule has 142 valence electrons. The van der Waals surface area contributed by atoms with Gasteiger partial charge in [-0.25, -0.2) is 9.59 Å². The molecular weight excluding hydrogens is 324 g/mol. The molecule has 0 bridgehead atoms. The molecule has 0 aromatic carbocycles. The average molecular weight is 354 g/mol. The fraction of sp³-hybridized carbons (Fsp3) is 0.529. The fourth-order valence-corrected chi connectivity index (χ4v) is 1.80. The average Bonchev–Trinajstić information content (AvgIpc) is 2.42. The number of nitrogens with zero attached hydrogens (tertiary/aromatic N) is 2. The van der Waals surface area contributed by atoms with Gasteiger partial charge in [0.15, 0.2) is 0 Å². The van der Waals surface area contributed by atoms with Gasteiger partial charge >= 0.3 is 11.4 Å². The first-order valence-corrected chi connectivity index (χ1v) is 7.27. The van der Waals surface area contributed by atoms with Crippen molar-refractivity contribution in [3.05, 3.63) is 65.7 Å². The maximum absolute atomic E-state index is 11.1. The van der Waals surface area contributed by atoms with Crippen LogP contribution in [0.4, 0.5) is 0 Å². The van der Waals surface area contributed by atoms with Gasteiger partial charge in [-0.3, -0.25) is 28.7 Å². The zero-order valence-corrected chi connectivity index (χ0v) is 13.9. The van der Waals surface area contributed by atoms with E-state index in [2.05, 4.69) is 9.97 Å². The van der Waals surface area contributed by atoms with Crippen LogP contribution in [-0.4, -0.2) is 19.1 Å². The molecule has 8 nitrogen and oxygen atoms in total. The molecule has 0 saturated carbocycles. The second-order valence-electron chi connectivity index (χ2n) is 5.68. The highest BCUT2D eigenvalue weighted by molar-refractivity contribution is 5.01. The molecule has 0 aliphatic heterocycles. The van der Waals surface area contributed by atoms with E-state index in [9.17, 15) is 19.2 Å². The molecule has 0 aliphatic carbocycles. The minimum Gasteiger partial charge on any atom is -0.298 e. The van der Waals surface area contributed by atoms with Crippen LogP contribution in [0.3, 0.4) is 0 Å². The number of hydrogen-bond acceptors (Lipinski definition) is 4. The monoisotopic (exact) mass is 354 g/mol. The van der Waals surface area contributed by atoms with Crippen molar-refractivity contribution in [2.75, 3.05) is 0 Å². The van der Waals surface area contributed by atoms with Gasteiger partial charge in [0.05, 0.1) is 0 Å². The van der Waals surface area contributed by atoms with Crippen molar-refractivity contribution < 1.29 is 0 Å². The lowest BCUT2D eigenvalue weighted by Gasteiger charge is -2.08. The zero-order chi connectivity index (χ0) is 17.7. The maximum atomic E-state index is 11.1. The lowest BCUT2D eigenvalue weighted by Crippen LogP contribution is -2.31. The van der Waals surface area contributed by atoms with Crippen LogP contribution in [0.2, 0.25) is 0 Å². The highest BCUT2D eigenvalue weighted by atomic mass is 16.2. The number of aromatic nitrogens is 4. The Kier molecular flexibility index (Phi) is 10.1. The molecular formula is C17H30N4O4. The Morgan fingerprint density at radius 3 is 1.76 bits per heavy atom. The van der Waals surface area contributed by atoms with Gasteiger partial charge in [-0.1, -0.05) is 14.9 Å². The summed E-state index contributed by atoms with van der Waals surface area (Å²) in [5.41, 5.74) is -0.805. The van der Waals surface area contributed by atoms with Crippen LogP contribution in [0.5, 0.6) is 0 Å². The van der Waals surface area contributed by atoms with Crippen molar-refractivity contribution in [1.82, 2.24) is 19.1 Å². The van der Waals surface area contributed by atoms with Gasteiger partial charge in [-0.05, 0) is 34.6 Å². The number of H-pyrrole nitrogens is 2. The molecule has 0 spiro atoms. The molecule has 2 aromatic rings. The summed E-state index contributed by atoms with van der Waals surface area (Å²) in [6.07, 6.45) is 3.07. The van der Waals surface area contributed by atoms with E-state index in [0.717, 1.165) is 0 Å². The van der Waals surface area contributed by atoms with E-state index in [4.69, 9.17) is 0 Å². The highest BCUT2D eigenvalue weighted by Crippen LogP contribution is 1.97. The molecule has 2 heterocycles. The quantitative estimate of drug-likeness (QED) is 0.857. The highest BCUT2D eigenvalue weighted by Gasteiger charge is 2.02. The first kappa shape index (κ1) is 24.6. The lowest BCUT2D eigenvalue weighted by atomic mass is 10.3. The Balaban J connectivity index is 0. The lowest BCUT2D eigenvalue weighted by molar-refractivity contribution is 0.558. The van der Waals surface area contributed by atoms with Crippen LogP contribution >= 0.6 is 0 Å². The van der Waals surface area contributed by atoms with Gasteiger partial charge in [-0.15, -0.1) is 0 Å². The SMILES string of the molecule is C.C.CC(C)n1ccc(=O)[nH]c1=O.Cc1cn(C(C)C)c(=O)[nH]c1=O. The van der Waals surface area contributed by atoms with Crippen molar-refractivity contribution in [2.45, 2.75) is 61.6 Å². The van der Waals surface area contributed by atoms with Crippen LogP contribution < -0.4 is 22.5 Å². The number of rotatable bonds is 2. The maximum Gasteiger partial charge on any atom is 0.328 e. The van der Waals surface area contributed by atoms with E-state index < -0.39 is 0 Å². The van der Waals surface area contributed by atoms with Crippen LogP contribution in [0.15, 0.2) is 37.6 Å². The molecule has 2 aromatic heterocycles. The third kappa shape index (κ3) is 6.78. The number of hydrogen-bond donors (Lipinski definition) is 2. The molecule has 0 radical (unpaired) electrons. The summed E-state index contributed by atoms with van der Waals surface area (Å²) in [6.45, 7) is 9.20. The normalized spacial score (nSPS) is 9.72. The van der Waals surface area contributed by atoms with Crippen LogP contribution in [0, 0.1) is 6.92 Å². The van der Waals surface area contributed by atoms with Crippen LogP contribution in [-0.2, 0) is 0 Å². The third-order valence-corrected chi connectivity index (χ3v) is 3.11. The minimum atomic E-state index is -0.355. The predicted octanol–water partition coefficient (Wildman–Crippen LogP) is 1.82. The Labute approximate surface area is 147 Å². The molecule has 2 rings (SSSR count). The number of nitrogens with one attached hydrogen (secondary N) is 2. The largest absolute Gasteiger partial charge is 0.328 e. The van der Waals surface area contributed by atoms with Gasteiger partial charge in [0.25, 0.3) is 11.1 Å². The van der Waals surface area contributed by atoms with E-state index >= 15 is 0 Å². The second kappa shape index (κ2) is 10.3. The van der Waals surface area contributed by atoms with E-state index in [0.29, 0.717) is 5.56 Å². The smallest absolute Gasteiger partial charge is 0.298 e. The second-order valence-corrected chi connectivity index (χ2v) is 5.68. The van der Waals surface area contributed by atoms with E-state index in [1.165, 1.54) is 21.4 Å². The summed E-state index contributed by atoms with van der Waals surface area (Å²) in [6, 6.07) is 1.49. The standard InChI is InChI=1S/C8H12N2O2.C7H10N2O2.2CH4/c1-5(2)10-4-6(3)7(11)9-8(10)12;1-5(2)9-4-3-6(10)8-7(9)11;;/h4-5H,1-3H3,(H,9,11,12);3-5H,1-2H3,(H,8,10,11);2*1H4. The fourth-order valence-electron chi connectivity index (χ4n) is 1.80. The van der Waals surface area contributed by atoms with Crippen LogP contribution in [0.25, 0.3) is 0 Å². The first-order chi connectivity index (χ1) is 10.6. The van der Waals surface area contributed by atoms with E-state index in [1.807, 2.05) is 27.7 Å². The summed E-state index contributed by atoms with van der Waals surface area (Å²) in [5, 5.41) is 0. The van der Waals surface area contributed by atoms with Crippen molar-refractivity contribution in [3.63, 3.8) is 0 Å². The summed E-state index contributed by atoms with van der Waals surface area (Å²) < 4.78 is 2.96. The molecule has 2 N–H and O–H groups in total. The van der Waals surface area contributed by atoms with Crippen molar-refractivity contribution in [2.24, 2.45) is 0 Å². The Hall–Kier alpha value is -2.64. The van der Waals surface area contributed by atoms with Gasteiger partial charge in [0.2, 0.25) is 0 Å². The Morgan fingerprint density at radius 2 is 1.32 bits per heavy atom. The summed E-state index contributed by atoms with van der Waals surface area (Å²) in [7, 11) is 0. The van der Waals surface area contributed by atoms with Gasteiger partial charge in [-0.2, -0.15) is 0 Å². The Bertz CT molecular complexity index is 885. The molecule has 0 atom stereocenters. The number of aromatic amines is 2. The summed E-state index contributed by atoms with van der Waals surface area (Å²) in [4.78, 5) is 48.1. The molecule has 0 amide bonds. The van der Waals surface area contributed by atoms with Gasteiger partial charge in [0.1, 0.15) is 0 Å². The minimum absolute atomic E-state index is 0. The summed E-state index contributed by atoms with van der Waals surface area (Å²) >= 11 is 0. The molecule has 25 heavy (non-hydrogen) atoms. The predicted molar refractivity (Wildman–Crippen MR) is 102 cm³/mol. The van der Waals surface area contributed by atoms with Gasteiger partial charge < -0.3 is 0 Å². The first-order valence-electron chi connectivity index (χ1n) is 7.27. The topological polar surface area (TPSA) is 110 Å². The van der Waals surface area contributed by atoms with Crippen molar-refractivity contribution in [1.29, 1.82) is 0 Å². The molecule has 8 heteroatoms. The molecule has 0 aliphatic rings. The van der Waals surface area contributed by atoms with Crippen molar-refractivity contribution >= 4 is 0 Å². The molecule has 0 fully saturated rings.